The quantitative estimate of drug-likeness (QED) is 0.0524. The lowest BCUT2D eigenvalue weighted by atomic mass is 10.0. The highest BCUT2D eigenvalue weighted by atomic mass is 16.5. The summed E-state index contributed by atoms with van der Waals surface area (Å²) in [5.74, 6) is 0.0824. The van der Waals surface area contributed by atoms with Crippen LogP contribution >= 0.6 is 0 Å². The third-order valence-electron chi connectivity index (χ3n) is 9.57. The van der Waals surface area contributed by atoms with Crippen molar-refractivity contribution < 1.29 is 28.5 Å². The average molecular weight is 751 g/mol. The average Bonchev–Trinajstić information content (AvgIpc) is 3.45. The molecule has 0 aliphatic rings. The van der Waals surface area contributed by atoms with E-state index < -0.39 is 17.4 Å². The molecule has 8 heteroatoms. The molecule has 0 heterocycles. The highest BCUT2D eigenvalue weighted by molar-refractivity contribution is 5.72. The topological polar surface area (TPSA) is 105 Å². The van der Waals surface area contributed by atoms with E-state index in [0.717, 1.165) is 32.1 Å². The number of hydrogen-bond donors (Lipinski definition) is 0. The Morgan fingerprint density at radius 3 is 1.07 bits per heavy atom. The number of rotatable bonds is 33. The van der Waals surface area contributed by atoms with E-state index in [2.05, 4.69) is 13.8 Å². The van der Waals surface area contributed by atoms with Gasteiger partial charge in [0.2, 0.25) is 10.9 Å². The zero-order valence-electron chi connectivity index (χ0n) is 33.7. The molecule has 0 amide bonds. The molecule has 54 heavy (non-hydrogen) atoms. The van der Waals surface area contributed by atoms with E-state index in [1.165, 1.54) is 133 Å². The standard InChI is InChI=1S/C46H70O8/c1-3-5-7-9-11-13-14-15-16-17-19-21-23-27-45(49)53-43-36-32-40(30-34-41(43)47)52-38-26-24-28-46(50)54-44-35-31-39(29-33-42(44)48)51-37-25-22-20-18-12-10-8-6-4-2/h29-36H,3-28,37-38H2,1-2H3. The summed E-state index contributed by atoms with van der Waals surface area (Å²) in [5, 5.41) is 0. The van der Waals surface area contributed by atoms with Crippen LogP contribution in [0.5, 0.6) is 23.0 Å². The maximum atomic E-state index is 12.5. The lowest BCUT2D eigenvalue weighted by molar-refractivity contribution is -0.135. The van der Waals surface area contributed by atoms with E-state index in [9.17, 15) is 19.2 Å². The molecule has 0 bridgehead atoms. The van der Waals surface area contributed by atoms with Crippen molar-refractivity contribution >= 4 is 11.9 Å². The second-order valence-electron chi connectivity index (χ2n) is 14.5. The summed E-state index contributed by atoms with van der Waals surface area (Å²) in [6.07, 6.45) is 28.6. The second kappa shape index (κ2) is 31.6. The molecule has 0 N–H and O–H groups in total. The van der Waals surface area contributed by atoms with E-state index in [0.29, 0.717) is 37.6 Å². The Morgan fingerprint density at radius 1 is 0.389 bits per heavy atom. The fourth-order valence-corrected chi connectivity index (χ4v) is 6.23. The van der Waals surface area contributed by atoms with Crippen molar-refractivity contribution in [3.05, 3.63) is 69.0 Å². The molecule has 0 saturated heterocycles. The van der Waals surface area contributed by atoms with Gasteiger partial charge in [0.25, 0.3) is 0 Å². The van der Waals surface area contributed by atoms with E-state index in [1.54, 1.807) is 24.3 Å². The van der Waals surface area contributed by atoms with Gasteiger partial charge >= 0.3 is 11.9 Å². The lowest BCUT2D eigenvalue weighted by Gasteiger charge is -2.05. The zero-order valence-corrected chi connectivity index (χ0v) is 33.7. The van der Waals surface area contributed by atoms with Gasteiger partial charge in [-0.1, -0.05) is 142 Å². The van der Waals surface area contributed by atoms with Crippen LogP contribution in [0.1, 0.15) is 181 Å². The van der Waals surface area contributed by atoms with Crippen LogP contribution in [0.2, 0.25) is 0 Å². The van der Waals surface area contributed by atoms with Gasteiger partial charge in [-0.25, -0.2) is 0 Å². The van der Waals surface area contributed by atoms with Gasteiger partial charge < -0.3 is 18.9 Å². The summed E-state index contributed by atoms with van der Waals surface area (Å²) < 4.78 is 22.3. The summed E-state index contributed by atoms with van der Waals surface area (Å²) in [4.78, 5) is 49.7. The van der Waals surface area contributed by atoms with Crippen LogP contribution in [0, 0.1) is 0 Å². The Morgan fingerprint density at radius 2 is 0.685 bits per heavy atom. The number of hydrogen-bond acceptors (Lipinski definition) is 8. The number of ether oxygens (including phenoxy) is 4. The van der Waals surface area contributed by atoms with Crippen molar-refractivity contribution in [2.45, 2.75) is 181 Å². The molecule has 0 atom stereocenters. The zero-order chi connectivity index (χ0) is 38.9. The van der Waals surface area contributed by atoms with Crippen molar-refractivity contribution in [1.82, 2.24) is 0 Å². The Hall–Kier alpha value is -3.68. The summed E-state index contributed by atoms with van der Waals surface area (Å²) >= 11 is 0. The highest BCUT2D eigenvalue weighted by Crippen LogP contribution is 2.17. The molecule has 0 aliphatic carbocycles. The predicted molar refractivity (Wildman–Crippen MR) is 219 cm³/mol. The molecule has 0 saturated carbocycles. The molecule has 8 nitrogen and oxygen atoms in total. The molecule has 0 unspecified atom stereocenters. The molecular weight excluding hydrogens is 680 g/mol. The maximum Gasteiger partial charge on any atom is 0.311 e. The van der Waals surface area contributed by atoms with Crippen LogP contribution in [0.15, 0.2) is 58.1 Å². The minimum Gasteiger partial charge on any atom is -0.494 e. The molecule has 0 spiro atoms. The molecular formula is C46H70O8. The van der Waals surface area contributed by atoms with Gasteiger partial charge in [0.15, 0.2) is 11.5 Å². The van der Waals surface area contributed by atoms with E-state index in [4.69, 9.17) is 18.9 Å². The van der Waals surface area contributed by atoms with Crippen molar-refractivity contribution in [1.29, 1.82) is 0 Å². The second-order valence-corrected chi connectivity index (χ2v) is 14.5. The third kappa shape index (κ3) is 23.9. The van der Waals surface area contributed by atoms with E-state index in [-0.39, 0.29) is 29.8 Å². The molecule has 2 aromatic rings. The van der Waals surface area contributed by atoms with Gasteiger partial charge in [-0.3, -0.25) is 19.2 Å². The summed E-state index contributed by atoms with van der Waals surface area (Å²) in [7, 11) is 0. The fourth-order valence-electron chi connectivity index (χ4n) is 6.23. The third-order valence-corrected chi connectivity index (χ3v) is 9.57. The van der Waals surface area contributed by atoms with Crippen LogP contribution in [0.25, 0.3) is 0 Å². The van der Waals surface area contributed by atoms with Crippen molar-refractivity contribution in [2.75, 3.05) is 13.2 Å². The number of esters is 2. The van der Waals surface area contributed by atoms with Gasteiger partial charge in [-0.15, -0.1) is 0 Å². The molecule has 0 radical (unpaired) electrons. The molecule has 2 aromatic carbocycles. The fraction of sp³-hybridized carbons (Fsp3) is 0.652. The Labute approximate surface area is 325 Å². The van der Waals surface area contributed by atoms with Crippen LogP contribution in [0.3, 0.4) is 0 Å². The molecule has 0 aromatic heterocycles. The van der Waals surface area contributed by atoms with Gasteiger partial charge in [0, 0.05) is 12.8 Å². The summed E-state index contributed by atoms with van der Waals surface area (Å²) in [6, 6.07) is 12.1. The van der Waals surface area contributed by atoms with Crippen LogP contribution in [-0.4, -0.2) is 25.2 Å². The lowest BCUT2D eigenvalue weighted by Crippen LogP contribution is -2.13. The minimum atomic E-state index is -0.497. The maximum absolute atomic E-state index is 12.5. The van der Waals surface area contributed by atoms with Crippen molar-refractivity contribution in [3.63, 3.8) is 0 Å². The minimum absolute atomic E-state index is 0.0168. The molecule has 0 aliphatic heterocycles. The van der Waals surface area contributed by atoms with Crippen molar-refractivity contribution in [2.24, 2.45) is 0 Å². The van der Waals surface area contributed by atoms with Gasteiger partial charge in [0.05, 0.1) is 13.2 Å². The monoisotopic (exact) mass is 751 g/mol. The van der Waals surface area contributed by atoms with Gasteiger partial charge in [-0.2, -0.15) is 0 Å². The summed E-state index contributed by atoms with van der Waals surface area (Å²) in [6.45, 7) is 5.38. The highest BCUT2D eigenvalue weighted by Gasteiger charge is 2.10. The van der Waals surface area contributed by atoms with E-state index in [1.807, 2.05) is 0 Å². The largest absolute Gasteiger partial charge is 0.494 e. The molecule has 0 fully saturated rings. The first-order valence-electron chi connectivity index (χ1n) is 21.4. The SMILES string of the molecule is CCCCCCCCCCCCCCCC(=O)Oc1ccc(OCCCCC(=O)Oc2ccc(OCCCCCCCCCCC)ccc2=O)ccc1=O. The first-order valence-corrected chi connectivity index (χ1v) is 21.4. The smallest absolute Gasteiger partial charge is 0.311 e. The molecule has 302 valence electrons. The summed E-state index contributed by atoms with van der Waals surface area (Å²) in [5.41, 5.74) is -0.778. The normalized spacial score (nSPS) is 10.9. The van der Waals surface area contributed by atoms with E-state index >= 15 is 0 Å². The van der Waals surface area contributed by atoms with Crippen LogP contribution in [-0.2, 0) is 9.59 Å². The number of carbonyl (C=O) groups excluding carboxylic acids is 2. The number of unbranched alkanes of at least 4 members (excludes halogenated alkanes) is 21. The molecule has 2 rings (SSSR count). The Bertz CT molecular complexity index is 1410. The van der Waals surface area contributed by atoms with Gasteiger partial charge in [0.1, 0.15) is 11.5 Å². The van der Waals surface area contributed by atoms with Crippen molar-refractivity contribution in [3.8, 4) is 23.0 Å². The Balaban J connectivity index is 1.58. The van der Waals surface area contributed by atoms with Crippen LogP contribution < -0.4 is 29.8 Å². The Kier molecular flexibility index (Phi) is 27.2. The number of carbonyl (C=O) groups is 2. The van der Waals surface area contributed by atoms with Gasteiger partial charge in [-0.05, 0) is 74.2 Å². The first kappa shape index (κ1) is 46.5. The first-order chi connectivity index (χ1) is 26.4. The van der Waals surface area contributed by atoms with Crippen LogP contribution in [0.4, 0.5) is 0 Å². The predicted octanol–water partition coefficient (Wildman–Crippen LogP) is 11.9.